The van der Waals surface area contributed by atoms with Crippen molar-refractivity contribution in [2.24, 2.45) is 56.6 Å². The SMILES string of the molecule is CC(C)CCC[C@@H](C)[C@H]1CC[C@H]2[C@@H]3CC=C4C[C@@H](OC(=O)OCCCOc5ccc(N=Nc6ccncc6)cc5)CC[C@]4(C)[C@H]3CC[C@]12C. The van der Waals surface area contributed by atoms with E-state index in [1.807, 2.05) is 24.3 Å². The number of benzene rings is 1. The highest BCUT2D eigenvalue weighted by molar-refractivity contribution is 5.60. The minimum Gasteiger partial charge on any atom is -0.493 e. The van der Waals surface area contributed by atoms with E-state index in [1.165, 1.54) is 56.9 Å². The van der Waals surface area contributed by atoms with E-state index in [-0.39, 0.29) is 18.1 Å². The van der Waals surface area contributed by atoms with Crippen molar-refractivity contribution in [1.82, 2.24) is 4.98 Å². The molecule has 0 saturated heterocycles. The summed E-state index contributed by atoms with van der Waals surface area (Å²) in [4.78, 5) is 16.6. The fraction of sp³-hybridized carbons (Fsp3) is 0.667. The highest BCUT2D eigenvalue weighted by atomic mass is 16.7. The largest absolute Gasteiger partial charge is 0.508 e. The third kappa shape index (κ3) is 8.23. The van der Waals surface area contributed by atoms with Crippen molar-refractivity contribution in [2.45, 2.75) is 118 Å². The Morgan fingerprint density at radius 3 is 2.39 bits per heavy atom. The van der Waals surface area contributed by atoms with Crippen molar-refractivity contribution in [3.63, 3.8) is 0 Å². The first kappa shape index (κ1) is 35.6. The van der Waals surface area contributed by atoms with E-state index in [2.05, 4.69) is 55.9 Å². The quantitative estimate of drug-likeness (QED) is 0.0917. The lowest BCUT2D eigenvalue weighted by Gasteiger charge is -2.58. The summed E-state index contributed by atoms with van der Waals surface area (Å²) in [6.45, 7) is 13.2. The Kier molecular flexibility index (Phi) is 11.5. The predicted molar refractivity (Wildman–Crippen MR) is 194 cm³/mol. The maximum Gasteiger partial charge on any atom is 0.508 e. The average molecular weight is 670 g/mol. The van der Waals surface area contributed by atoms with Gasteiger partial charge in [-0.2, -0.15) is 10.2 Å². The molecule has 8 atom stereocenters. The first-order chi connectivity index (χ1) is 23.7. The second-order valence-electron chi connectivity index (χ2n) is 16.5. The smallest absolute Gasteiger partial charge is 0.493 e. The maximum atomic E-state index is 12.6. The minimum absolute atomic E-state index is 0.0924. The zero-order valence-electron chi connectivity index (χ0n) is 30.6. The van der Waals surface area contributed by atoms with E-state index in [0.29, 0.717) is 18.4 Å². The van der Waals surface area contributed by atoms with Crippen LogP contribution in [0.5, 0.6) is 5.75 Å². The van der Waals surface area contributed by atoms with Gasteiger partial charge in [-0.05, 0) is 128 Å². The molecule has 0 N–H and O–H groups in total. The highest BCUT2D eigenvalue weighted by Crippen LogP contribution is 2.67. The Labute approximate surface area is 294 Å². The van der Waals surface area contributed by atoms with Crippen LogP contribution in [0.3, 0.4) is 0 Å². The van der Waals surface area contributed by atoms with Crippen molar-refractivity contribution in [3.8, 4) is 5.75 Å². The molecule has 0 amide bonds. The van der Waals surface area contributed by atoms with E-state index in [0.717, 1.165) is 71.9 Å². The van der Waals surface area contributed by atoms with Gasteiger partial charge >= 0.3 is 6.16 Å². The number of hydrogen-bond acceptors (Lipinski definition) is 7. The third-order valence-electron chi connectivity index (χ3n) is 13.1. The molecule has 2 aromatic rings. The number of hydrogen-bond donors (Lipinski definition) is 0. The molecule has 7 heteroatoms. The number of azo groups is 1. The maximum absolute atomic E-state index is 12.6. The molecule has 0 unspecified atom stereocenters. The molecule has 4 aliphatic carbocycles. The number of fused-ring (bicyclic) bond motifs is 5. The molecule has 1 aromatic heterocycles. The molecule has 6 rings (SSSR count). The van der Waals surface area contributed by atoms with E-state index in [1.54, 1.807) is 24.5 Å². The van der Waals surface area contributed by atoms with Crippen LogP contribution in [0.2, 0.25) is 0 Å². The van der Waals surface area contributed by atoms with E-state index in [4.69, 9.17) is 14.2 Å². The van der Waals surface area contributed by atoms with Crippen LogP contribution in [0.25, 0.3) is 0 Å². The zero-order valence-corrected chi connectivity index (χ0v) is 30.6. The summed E-state index contributed by atoms with van der Waals surface area (Å²) in [7, 11) is 0. The second-order valence-corrected chi connectivity index (χ2v) is 16.5. The van der Waals surface area contributed by atoms with Gasteiger partial charge in [0.05, 0.1) is 24.6 Å². The Balaban J connectivity index is 0.924. The fourth-order valence-corrected chi connectivity index (χ4v) is 10.5. The lowest BCUT2D eigenvalue weighted by atomic mass is 9.47. The molecular weight excluding hydrogens is 610 g/mol. The normalized spacial score (nSPS) is 31.4. The summed E-state index contributed by atoms with van der Waals surface area (Å²) in [5.41, 5.74) is 3.78. The van der Waals surface area contributed by atoms with Crippen LogP contribution in [0.4, 0.5) is 16.2 Å². The Morgan fingerprint density at radius 2 is 1.63 bits per heavy atom. The number of carbonyl (C=O) groups excluding carboxylic acids is 1. The van der Waals surface area contributed by atoms with Gasteiger partial charge in [-0.25, -0.2) is 4.79 Å². The molecule has 49 heavy (non-hydrogen) atoms. The highest BCUT2D eigenvalue weighted by Gasteiger charge is 2.59. The second kappa shape index (κ2) is 15.8. The number of carbonyl (C=O) groups is 1. The lowest BCUT2D eigenvalue weighted by molar-refractivity contribution is -0.0617. The molecule has 7 nitrogen and oxygen atoms in total. The molecule has 3 fully saturated rings. The number of ether oxygens (including phenoxy) is 3. The summed E-state index contributed by atoms with van der Waals surface area (Å²) in [5, 5.41) is 8.44. The first-order valence-corrected chi connectivity index (χ1v) is 19.2. The van der Waals surface area contributed by atoms with Crippen LogP contribution in [-0.2, 0) is 9.47 Å². The molecule has 1 heterocycles. The van der Waals surface area contributed by atoms with Crippen LogP contribution in [0, 0.1) is 46.3 Å². The van der Waals surface area contributed by atoms with E-state index >= 15 is 0 Å². The van der Waals surface area contributed by atoms with Crippen LogP contribution in [0.1, 0.15) is 112 Å². The van der Waals surface area contributed by atoms with Crippen LogP contribution >= 0.6 is 0 Å². The van der Waals surface area contributed by atoms with Crippen LogP contribution in [-0.4, -0.2) is 30.5 Å². The molecular formula is C42H59N3O4. The minimum atomic E-state index is -0.556. The Hall–Kier alpha value is -3.22. The summed E-state index contributed by atoms with van der Waals surface area (Å²) in [6.07, 6.45) is 19.7. The number of pyridine rings is 1. The molecule has 0 spiro atoms. The van der Waals surface area contributed by atoms with Gasteiger partial charge < -0.3 is 14.2 Å². The number of allylic oxidation sites excluding steroid dienone is 1. The van der Waals surface area contributed by atoms with E-state index in [9.17, 15) is 4.79 Å². The van der Waals surface area contributed by atoms with Crippen molar-refractivity contribution in [3.05, 3.63) is 60.4 Å². The monoisotopic (exact) mass is 669 g/mol. The van der Waals surface area contributed by atoms with Crippen molar-refractivity contribution in [2.75, 3.05) is 13.2 Å². The summed E-state index contributed by atoms with van der Waals surface area (Å²) in [5.74, 6) is 5.72. The molecule has 1 aromatic carbocycles. The van der Waals surface area contributed by atoms with Gasteiger partial charge in [0.25, 0.3) is 0 Å². The molecule has 3 saturated carbocycles. The fourth-order valence-electron chi connectivity index (χ4n) is 10.5. The molecule has 4 aliphatic rings. The molecule has 0 bridgehead atoms. The Bertz CT molecular complexity index is 1440. The Morgan fingerprint density at radius 1 is 0.878 bits per heavy atom. The third-order valence-corrected chi connectivity index (χ3v) is 13.1. The van der Waals surface area contributed by atoms with Crippen LogP contribution in [0.15, 0.2) is 70.7 Å². The van der Waals surface area contributed by atoms with Crippen molar-refractivity contribution < 1.29 is 19.0 Å². The first-order valence-electron chi connectivity index (χ1n) is 19.2. The topological polar surface area (TPSA) is 82.4 Å². The molecule has 0 aliphatic heterocycles. The van der Waals surface area contributed by atoms with Crippen LogP contribution < -0.4 is 4.74 Å². The van der Waals surface area contributed by atoms with Gasteiger partial charge in [-0.15, -0.1) is 0 Å². The summed E-state index contributed by atoms with van der Waals surface area (Å²) >= 11 is 0. The number of nitrogens with zero attached hydrogens (tertiary/aromatic N) is 3. The van der Waals surface area contributed by atoms with Gasteiger partial charge in [-0.1, -0.05) is 65.5 Å². The molecule has 0 radical (unpaired) electrons. The predicted octanol–water partition coefficient (Wildman–Crippen LogP) is 11.8. The zero-order chi connectivity index (χ0) is 34.4. The number of aromatic nitrogens is 1. The van der Waals surface area contributed by atoms with Gasteiger partial charge in [0.15, 0.2) is 0 Å². The standard InChI is InChI=1S/C42H59N3O4/c1-29(2)8-6-9-30(3)37-16-17-38-36-15-10-31-28-35(18-22-41(31,4)39(36)19-23-42(37,38)5)49-40(46)48-27-7-26-47-34-13-11-32(12-14-34)44-45-33-20-24-43-25-21-33/h10-14,20-21,24-25,29-30,35-39H,6-9,15-19,22-23,26-28H2,1-5H3/t30-,35+,36+,37-,38+,39+,41+,42-/m1/s1. The van der Waals surface area contributed by atoms with Gasteiger partial charge in [0.2, 0.25) is 0 Å². The van der Waals surface area contributed by atoms with Gasteiger partial charge in [0, 0.05) is 25.2 Å². The van der Waals surface area contributed by atoms with Gasteiger partial charge in [0.1, 0.15) is 11.9 Å². The van der Waals surface area contributed by atoms with Gasteiger partial charge in [-0.3, -0.25) is 4.98 Å². The van der Waals surface area contributed by atoms with Crippen molar-refractivity contribution in [1.29, 1.82) is 0 Å². The molecule has 266 valence electrons. The van der Waals surface area contributed by atoms with Crippen molar-refractivity contribution >= 4 is 17.5 Å². The average Bonchev–Trinajstić information content (AvgIpc) is 3.45. The number of rotatable bonds is 13. The summed E-state index contributed by atoms with van der Waals surface area (Å²) < 4.78 is 17.1. The van der Waals surface area contributed by atoms with E-state index < -0.39 is 6.16 Å². The lowest BCUT2D eigenvalue weighted by Crippen LogP contribution is -2.51. The summed E-state index contributed by atoms with van der Waals surface area (Å²) in [6, 6.07) is 11.0.